The zero-order valence-corrected chi connectivity index (χ0v) is 17.8. The number of nitrogens with zero attached hydrogens (tertiary/aromatic N) is 3. The highest BCUT2D eigenvalue weighted by Gasteiger charge is 2.27. The number of methoxy groups -OCH3 is 1. The van der Waals surface area contributed by atoms with E-state index in [2.05, 4.69) is 19.9 Å². The number of nitrogens with one attached hydrogen (secondary N) is 2. The van der Waals surface area contributed by atoms with Gasteiger partial charge in [0.05, 0.1) is 12.0 Å². The summed E-state index contributed by atoms with van der Waals surface area (Å²) in [5.41, 5.74) is 0.870. The van der Waals surface area contributed by atoms with Gasteiger partial charge in [-0.25, -0.2) is 13.4 Å². The fourth-order valence-corrected chi connectivity index (χ4v) is 4.69. The van der Waals surface area contributed by atoms with Gasteiger partial charge in [0.1, 0.15) is 17.9 Å². The standard InChI is InChI=1S/C21H23N5O4S/c1-30-18-8-6-17(7-9-18)25-31(28,29)19-10-4-15(5-11-19)21(27)26-12-2-3-16(13-26)20-22-14-23-24-20/h4-11,14,16,25H,2-3,12-13H2,1H3,(H,22,23,24)/t16-/m0/s1. The monoisotopic (exact) mass is 441 g/mol. The van der Waals surface area contributed by atoms with E-state index in [9.17, 15) is 13.2 Å². The predicted molar refractivity (Wildman–Crippen MR) is 115 cm³/mol. The molecule has 1 saturated heterocycles. The molecule has 1 amide bonds. The van der Waals surface area contributed by atoms with Crippen molar-refractivity contribution in [3.05, 3.63) is 66.2 Å². The number of carbonyl (C=O) groups excluding carboxylic acids is 1. The number of carbonyl (C=O) groups is 1. The van der Waals surface area contributed by atoms with E-state index < -0.39 is 10.0 Å². The Bertz CT molecular complexity index is 1130. The van der Waals surface area contributed by atoms with E-state index in [4.69, 9.17) is 4.74 Å². The number of rotatable bonds is 6. The number of aromatic nitrogens is 3. The molecule has 0 unspecified atom stereocenters. The summed E-state index contributed by atoms with van der Waals surface area (Å²) in [6.07, 6.45) is 3.28. The molecule has 2 heterocycles. The van der Waals surface area contributed by atoms with Crippen LogP contribution in [-0.4, -0.2) is 54.6 Å². The van der Waals surface area contributed by atoms with E-state index in [1.807, 2.05) is 0 Å². The fraction of sp³-hybridized carbons (Fsp3) is 0.286. The highest BCUT2D eigenvalue weighted by atomic mass is 32.2. The molecule has 0 aliphatic carbocycles. The number of benzene rings is 2. The van der Waals surface area contributed by atoms with Crippen molar-refractivity contribution in [3.8, 4) is 5.75 Å². The summed E-state index contributed by atoms with van der Waals surface area (Å²) in [7, 11) is -2.23. The maximum atomic E-state index is 12.9. The Balaban J connectivity index is 1.44. The number of sulfonamides is 1. The molecule has 162 valence electrons. The molecule has 2 N–H and O–H groups in total. The van der Waals surface area contributed by atoms with Crippen LogP contribution < -0.4 is 9.46 Å². The van der Waals surface area contributed by atoms with E-state index in [0.717, 1.165) is 18.7 Å². The van der Waals surface area contributed by atoms with Crippen LogP contribution in [0.4, 0.5) is 5.69 Å². The molecular weight excluding hydrogens is 418 g/mol. The molecule has 9 nitrogen and oxygen atoms in total. The van der Waals surface area contributed by atoms with Gasteiger partial charge < -0.3 is 9.64 Å². The molecule has 1 aromatic heterocycles. The molecule has 1 aliphatic heterocycles. The van der Waals surface area contributed by atoms with Crippen molar-refractivity contribution in [1.29, 1.82) is 0 Å². The van der Waals surface area contributed by atoms with Crippen molar-refractivity contribution in [3.63, 3.8) is 0 Å². The number of hydrogen-bond acceptors (Lipinski definition) is 6. The second-order valence-corrected chi connectivity index (χ2v) is 9.00. The van der Waals surface area contributed by atoms with Crippen LogP contribution >= 0.6 is 0 Å². The lowest BCUT2D eigenvalue weighted by atomic mass is 9.97. The maximum absolute atomic E-state index is 12.9. The van der Waals surface area contributed by atoms with E-state index in [1.165, 1.54) is 18.5 Å². The molecule has 1 atom stereocenters. The molecule has 4 rings (SSSR count). The molecule has 0 saturated carbocycles. The Morgan fingerprint density at radius 1 is 1.16 bits per heavy atom. The minimum atomic E-state index is -3.77. The normalized spacial score (nSPS) is 16.7. The third kappa shape index (κ3) is 4.69. The number of piperidine rings is 1. The number of likely N-dealkylation sites (tertiary alicyclic amines) is 1. The predicted octanol–water partition coefficient (Wildman–Crippen LogP) is 2.63. The molecule has 1 fully saturated rings. The SMILES string of the molecule is COc1ccc(NS(=O)(=O)c2ccc(C(=O)N3CCC[C@H](c4ncn[nH]4)C3)cc2)cc1. The largest absolute Gasteiger partial charge is 0.497 e. The first-order chi connectivity index (χ1) is 15.0. The van der Waals surface area contributed by atoms with Gasteiger partial charge in [0, 0.05) is 30.3 Å². The van der Waals surface area contributed by atoms with E-state index >= 15 is 0 Å². The summed E-state index contributed by atoms with van der Waals surface area (Å²) < 4.78 is 32.9. The second kappa shape index (κ2) is 8.76. The van der Waals surface area contributed by atoms with E-state index in [0.29, 0.717) is 30.1 Å². The van der Waals surface area contributed by atoms with E-state index in [1.54, 1.807) is 48.4 Å². The molecule has 31 heavy (non-hydrogen) atoms. The molecule has 3 aromatic rings. The number of aromatic amines is 1. The third-order valence-corrected chi connectivity index (χ3v) is 6.68. The average molecular weight is 442 g/mol. The zero-order valence-electron chi connectivity index (χ0n) is 17.0. The molecule has 0 radical (unpaired) electrons. The van der Waals surface area contributed by atoms with Crippen molar-refractivity contribution in [1.82, 2.24) is 20.1 Å². The highest BCUT2D eigenvalue weighted by molar-refractivity contribution is 7.92. The minimum absolute atomic E-state index is 0.0815. The smallest absolute Gasteiger partial charge is 0.261 e. The lowest BCUT2D eigenvalue weighted by Gasteiger charge is -2.31. The van der Waals surface area contributed by atoms with Crippen LogP contribution in [0.15, 0.2) is 59.8 Å². The number of ether oxygens (including phenoxy) is 1. The van der Waals surface area contributed by atoms with Crippen molar-refractivity contribution >= 4 is 21.6 Å². The second-order valence-electron chi connectivity index (χ2n) is 7.32. The first-order valence-corrected chi connectivity index (χ1v) is 11.4. The quantitative estimate of drug-likeness (QED) is 0.607. The van der Waals surface area contributed by atoms with Gasteiger partial charge in [-0.2, -0.15) is 5.10 Å². The number of amides is 1. The van der Waals surface area contributed by atoms with Crippen LogP contribution in [0.5, 0.6) is 5.75 Å². The molecule has 2 aromatic carbocycles. The maximum Gasteiger partial charge on any atom is 0.261 e. The topological polar surface area (TPSA) is 117 Å². The molecule has 0 spiro atoms. The van der Waals surface area contributed by atoms with Crippen LogP contribution in [0.25, 0.3) is 0 Å². The fourth-order valence-electron chi connectivity index (χ4n) is 3.63. The van der Waals surface area contributed by atoms with Crippen LogP contribution in [0, 0.1) is 0 Å². The number of anilines is 1. The van der Waals surface area contributed by atoms with Gasteiger partial charge in [0.2, 0.25) is 0 Å². The van der Waals surface area contributed by atoms with Gasteiger partial charge in [0.25, 0.3) is 15.9 Å². The lowest BCUT2D eigenvalue weighted by Crippen LogP contribution is -2.39. The van der Waals surface area contributed by atoms with Crippen molar-refractivity contribution < 1.29 is 17.9 Å². The third-order valence-electron chi connectivity index (χ3n) is 5.28. The van der Waals surface area contributed by atoms with Crippen LogP contribution in [0.2, 0.25) is 0 Å². The van der Waals surface area contributed by atoms with Crippen LogP contribution in [-0.2, 0) is 10.0 Å². The van der Waals surface area contributed by atoms with Crippen LogP contribution in [0.1, 0.15) is 34.9 Å². The van der Waals surface area contributed by atoms with Gasteiger partial charge >= 0.3 is 0 Å². The lowest BCUT2D eigenvalue weighted by molar-refractivity contribution is 0.0704. The summed E-state index contributed by atoms with van der Waals surface area (Å²) in [6.45, 7) is 1.20. The molecule has 0 bridgehead atoms. The minimum Gasteiger partial charge on any atom is -0.497 e. The summed E-state index contributed by atoms with van der Waals surface area (Å²) in [5.74, 6) is 1.41. The van der Waals surface area contributed by atoms with Gasteiger partial charge in [-0.05, 0) is 61.4 Å². The highest BCUT2D eigenvalue weighted by Crippen LogP contribution is 2.26. The van der Waals surface area contributed by atoms with E-state index in [-0.39, 0.29) is 16.7 Å². The Labute approximate surface area is 180 Å². The number of hydrogen-bond donors (Lipinski definition) is 2. The van der Waals surface area contributed by atoms with Gasteiger partial charge in [0.15, 0.2) is 0 Å². The average Bonchev–Trinajstić information content (AvgIpc) is 3.34. The van der Waals surface area contributed by atoms with Crippen molar-refractivity contribution in [2.24, 2.45) is 0 Å². The van der Waals surface area contributed by atoms with Gasteiger partial charge in [-0.1, -0.05) is 0 Å². The summed E-state index contributed by atoms with van der Waals surface area (Å²) in [5, 5.41) is 6.76. The number of H-pyrrole nitrogens is 1. The van der Waals surface area contributed by atoms with Crippen LogP contribution in [0.3, 0.4) is 0 Å². The Kier molecular flexibility index (Phi) is 5.90. The Morgan fingerprint density at radius 2 is 1.90 bits per heavy atom. The summed E-state index contributed by atoms with van der Waals surface area (Å²) in [6, 6.07) is 12.6. The Morgan fingerprint density at radius 3 is 2.55 bits per heavy atom. The summed E-state index contributed by atoms with van der Waals surface area (Å²) >= 11 is 0. The van der Waals surface area contributed by atoms with Gasteiger partial charge in [-0.15, -0.1) is 0 Å². The Hall–Kier alpha value is -3.40. The van der Waals surface area contributed by atoms with Gasteiger partial charge in [-0.3, -0.25) is 14.6 Å². The summed E-state index contributed by atoms with van der Waals surface area (Å²) in [4.78, 5) is 19.0. The molecule has 10 heteroatoms. The van der Waals surface area contributed by atoms with Crippen molar-refractivity contribution in [2.45, 2.75) is 23.7 Å². The first-order valence-electron chi connectivity index (χ1n) is 9.88. The first kappa shape index (κ1) is 20.9. The zero-order chi connectivity index (χ0) is 21.8. The molecular formula is C21H23N5O4S. The van der Waals surface area contributed by atoms with Crippen molar-refractivity contribution in [2.75, 3.05) is 24.9 Å². The molecule has 1 aliphatic rings.